The molecule has 18 heavy (non-hydrogen) atoms. The molecule has 0 aromatic carbocycles. The maximum atomic E-state index is 10.5. The lowest BCUT2D eigenvalue weighted by molar-refractivity contribution is -0.0309. The first-order valence-electron chi connectivity index (χ1n) is 6.33. The summed E-state index contributed by atoms with van der Waals surface area (Å²) in [4.78, 5) is 0. The van der Waals surface area contributed by atoms with Gasteiger partial charge in [0.2, 0.25) is 0 Å². The fraction of sp³-hybridized carbons (Fsp3) is 1.00. The van der Waals surface area contributed by atoms with Crippen LogP contribution in [0.25, 0.3) is 0 Å². The van der Waals surface area contributed by atoms with E-state index in [0.717, 1.165) is 32.3 Å². The van der Waals surface area contributed by atoms with Gasteiger partial charge in [-0.1, -0.05) is 0 Å². The molecule has 1 N–H and O–H groups in total. The lowest BCUT2D eigenvalue weighted by atomic mass is 9.95. The second-order valence-electron chi connectivity index (χ2n) is 4.84. The molecule has 7 heteroatoms. The second kappa shape index (κ2) is 6.29. The summed E-state index contributed by atoms with van der Waals surface area (Å²) < 4.78 is 45.8. The predicted molar refractivity (Wildman–Crippen MR) is 64.1 cm³/mol. The van der Waals surface area contributed by atoms with Crippen molar-refractivity contribution in [2.24, 2.45) is 0 Å². The molecule has 2 rings (SSSR count). The van der Waals surface area contributed by atoms with E-state index in [-0.39, 0.29) is 24.6 Å². The van der Waals surface area contributed by atoms with Gasteiger partial charge < -0.3 is 14.2 Å². The van der Waals surface area contributed by atoms with E-state index in [1.54, 1.807) is 0 Å². The van der Waals surface area contributed by atoms with E-state index in [1.165, 1.54) is 0 Å². The van der Waals surface area contributed by atoms with Gasteiger partial charge in [-0.05, 0) is 25.7 Å². The second-order valence-corrected chi connectivity index (χ2v) is 6.42. The molecule has 0 amide bonds. The fourth-order valence-corrected chi connectivity index (χ4v) is 2.40. The standard InChI is InChI=1S/C11H20O6S/c12-18(13,14)6-5-15-9-1-3-10(4-2-9)16-7-11-8-17-11/h9-11H,1-8H2,(H,12,13,14). The van der Waals surface area contributed by atoms with Crippen LogP contribution in [0.4, 0.5) is 0 Å². The maximum Gasteiger partial charge on any atom is 0.267 e. The van der Waals surface area contributed by atoms with E-state index in [2.05, 4.69) is 0 Å². The molecule has 1 atom stereocenters. The average Bonchev–Trinajstić information content (AvgIpc) is 3.10. The first-order valence-corrected chi connectivity index (χ1v) is 7.94. The lowest BCUT2D eigenvalue weighted by Gasteiger charge is -2.28. The molecule has 1 saturated carbocycles. The monoisotopic (exact) mass is 280 g/mol. The highest BCUT2D eigenvalue weighted by atomic mass is 32.2. The van der Waals surface area contributed by atoms with Gasteiger partial charge in [0.1, 0.15) is 6.10 Å². The van der Waals surface area contributed by atoms with E-state index in [9.17, 15) is 8.42 Å². The molecular formula is C11H20O6S. The minimum Gasteiger partial charge on any atom is -0.377 e. The smallest absolute Gasteiger partial charge is 0.267 e. The summed E-state index contributed by atoms with van der Waals surface area (Å²) in [5.41, 5.74) is 0. The molecule has 106 valence electrons. The van der Waals surface area contributed by atoms with Gasteiger partial charge in [0.05, 0.1) is 37.8 Å². The van der Waals surface area contributed by atoms with Gasteiger partial charge in [0.25, 0.3) is 10.1 Å². The summed E-state index contributed by atoms with van der Waals surface area (Å²) in [6, 6.07) is 0. The van der Waals surface area contributed by atoms with Crippen LogP contribution in [0.3, 0.4) is 0 Å². The van der Waals surface area contributed by atoms with Crippen molar-refractivity contribution in [1.82, 2.24) is 0 Å². The van der Waals surface area contributed by atoms with Gasteiger partial charge >= 0.3 is 0 Å². The predicted octanol–water partition coefficient (Wildman–Crippen LogP) is 0.617. The SMILES string of the molecule is O=S(=O)(O)CCOC1CCC(OCC2CO2)CC1. The molecule has 1 aliphatic heterocycles. The minimum atomic E-state index is -3.91. The van der Waals surface area contributed by atoms with E-state index in [4.69, 9.17) is 18.8 Å². The molecule has 6 nitrogen and oxygen atoms in total. The molecule has 0 bridgehead atoms. The Hall–Kier alpha value is -0.210. The van der Waals surface area contributed by atoms with E-state index < -0.39 is 10.1 Å². The van der Waals surface area contributed by atoms with Crippen molar-refractivity contribution in [3.8, 4) is 0 Å². The van der Waals surface area contributed by atoms with Crippen molar-refractivity contribution in [2.45, 2.75) is 44.0 Å². The molecular weight excluding hydrogens is 260 g/mol. The number of hydrogen-bond acceptors (Lipinski definition) is 5. The van der Waals surface area contributed by atoms with Crippen LogP contribution in [0.2, 0.25) is 0 Å². The molecule has 1 saturated heterocycles. The minimum absolute atomic E-state index is 0.0605. The number of rotatable bonds is 7. The summed E-state index contributed by atoms with van der Waals surface area (Å²) in [6.07, 6.45) is 4.28. The van der Waals surface area contributed by atoms with E-state index >= 15 is 0 Å². The normalized spacial score (nSPS) is 32.4. The van der Waals surface area contributed by atoms with Crippen LogP contribution in [0.15, 0.2) is 0 Å². The molecule has 2 fully saturated rings. The van der Waals surface area contributed by atoms with Gasteiger partial charge in [0, 0.05) is 0 Å². The average molecular weight is 280 g/mol. The molecule has 0 aromatic rings. The van der Waals surface area contributed by atoms with Crippen molar-refractivity contribution in [2.75, 3.05) is 25.6 Å². The van der Waals surface area contributed by atoms with Crippen LogP contribution in [0.5, 0.6) is 0 Å². The van der Waals surface area contributed by atoms with Crippen LogP contribution >= 0.6 is 0 Å². The van der Waals surface area contributed by atoms with Crippen molar-refractivity contribution in [3.05, 3.63) is 0 Å². The third-order valence-electron chi connectivity index (χ3n) is 3.24. The first kappa shape index (κ1) is 14.2. The Labute approximate surface area is 107 Å². The zero-order valence-corrected chi connectivity index (χ0v) is 11.1. The van der Waals surface area contributed by atoms with Crippen molar-refractivity contribution in [3.63, 3.8) is 0 Å². The summed E-state index contributed by atoms with van der Waals surface area (Å²) in [7, 11) is -3.91. The summed E-state index contributed by atoms with van der Waals surface area (Å²) in [6.45, 7) is 1.55. The van der Waals surface area contributed by atoms with Gasteiger partial charge in [-0.3, -0.25) is 4.55 Å². The number of epoxide rings is 1. The molecule has 1 aliphatic carbocycles. The maximum absolute atomic E-state index is 10.5. The Balaban J connectivity index is 1.55. The zero-order chi connectivity index (χ0) is 13.0. The fourth-order valence-electron chi connectivity index (χ4n) is 2.09. The Morgan fingerprint density at radius 3 is 2.17 bits per heavy atom. The summed E-state index contributed by atoms with van der Waals surface area (Å²) in [5, 5.41) is 0. The van der Waals surface area contributed by atoms with Gasteiger partial charge in [-0.15, -0.1) is 0 Å². The molecule has 0 radical (unpaired) electrons. The Morgan fingerprint density at radius 1 is 1.11 bits per heavy atom. The lowest BCUT2D eigenvalue weighted by Crippen LogP contribution is -2.28. The Bertz CT molecular complexity index is 343. The topological polar surface area (TPSA) is 85.4 Å². The van der Waals surface area contributed by atoms with Gasteiger partial charge in [0.15, 0.2) is 0 Å². The van der Waals surface area contributed by atoms with Crippen molar-refractivity contribution >= 4 is 10.1 Å². The Morgan fingerprint density at radius 2 is 1.67 bits per heavy atom. The molecule has 0 spiro atoms. The highest BCUT2D eigenvalue weighted by Gasteiger charge is 2.27. The van der Waals surface area contributed by atoms with Gasteiger partial charge in [-0.25, -0.2) is 0 Å². The van der Waals surface area contributed by atoms with Gasteiger partial charge in [-0.2, -0.15) is 8.42 Å². The molecule has 1 unspecified atom stereocenters. The number of hydrogen-bond donors (Lipinski definition) is 1. The molecule has 0 aromatic heterocycles. The van der Waals surface area contributed by atoms with E-state index in [1.807, 2.05) is 0 Å². The third-order valence-corrected chi connectivity index (χ3v) is 3.92. The largest absolute Gasteiger partial charge is 0.377 e. The third kappa shape index (κ3) is 5.62. The van der Waals surface area contributed by atoms with E-state index in [0.29, 0.717) is 12.7 Å². The molecule has 2 aliphatic rings. The Kier molecular flexibility index (Phi) is 4.97. The van der Waals surface area contributed by atoms with Crippen molar-refractivity contribution in [1.29, 1.82) is 0 Å². The van der Waals surface area contributed by atoms with Crippen LogP contribution in [-0.4, -0.2) is 56.9 Å². The number of ether oxygens (including phenoxy) is 3. The van der Waals surface area contributed by atoms with Crippen LogP contribution < -0.4 is 0 Å². The first-order chi connectivity index (χ1) is 8.53. The summed E-state index contributed by atoms with van der Waals surface area (Å²) in [5.74, 6) is -0.331. The quantitative estimate of drug-likeness (QED) is 0.543. The zero-order valence-electron chi connectivity index (χ0n) is 10.3. The highest BCUT2D eigenvalue weighted by Crippen LogP contribution is 2.24. The highest BCUT2D eigenvalue weighted by molar-refractivity contribution is 7.85. The summed E-state index contributed by atoms with van der Waals surface area (Å²) >= 11 is 0. The van der Waals surface area contributed by atoms with Crippen LogP contribution in [0.1, 0.15) is 25.7 Å². The van der Waals surface area contributed by atoms with Crippen LogP contribution in [-0.2, 0) is 24.3 Å². The van der Waals surface area contributed by atoms with Crippen molar-refractivity contribution < 1.29 is 27.2 Å². The molecule has 1 heterocycles. The van der Waals surface area contributed by atoms with Crippen LogP contribution in [0, 0.1) is 0 Å².